The molecule has 150 valence electrons. The van der Waals surface area contributed by atoms with Gasteiger partial charge in [-0.1, -0.05) is 61.5 Å². The van der Waals surface area contributed by atoms with Crippen LogP contribution in [-0.4, -0.2) is 33.2 Å². The highest BCUT2D eigenvalue weighted by Crippen LogP contribution is 2.20. The molecule has 4 N–H and O–H groups in total. The van der Waals surface area contributed by atoms with Crippen LogP contribution in [0.15, 0.2) is 65.5 Å². The number of rotatable bonds is 8. The first-order valence-corrected chi connectivity index (χ1v) is 9.38. The molecule has 29 heavy (non-hydrogen) atoms. The van der Waals surface area contributed by atoms with Crippen molar-refractivity contribution in [3.05, 3.63) is 82.3 Å². The molecule has 0 aliphatic heterocycles. The Kier molecular flexibility index (Phi) is 6.29. The van der Waals surface area contributed by atoms with E-state index in [1.807, 2.05) is 54.6 Å². The van der Waals surface area contributed by atoms with E-state index in [9.17, 15) is 19.5 Å². The molecule has 0 fully saturated rings. The van der Waals surface area contributed by atoms with E-state index in [1.165, 1.54) is 6.07 Å². The number of carboxylic acids is 1. The minimum Gasteiger partial charge on any atom is -0.481 e. The second-order valence-electron chi connectivity index (χ2n) is 7.08. The van der Waals surface area contributed by atoms with Crippen LogP contribution in [0.3, 0.4) is 0 Å². The third-order valence-electron chi connectivity index (χ3n) is 4.78. The summed E-state index contributed by atoms with van der Waals surface area (Å²) in [7, 11) is 0. The van der Waals surface area contributed by atoms with Crippen LogP contribution in [0.4, 0.5) is 0 Å². The summed E-state index contributed by atoms with van der Waals surface area (Å²) >= 11 is 0. The standard InChI is InChI=1S/C22H23N3O4/c1-14(22(28)29)11-18(23-21(27)19-13-20(26)25-24-19)12-15-7-9-17(10-8-15)16-5-3-2-4-6-16/h2-10,13-14,18H,11-12H2,1H3,(H,23,27)(H,28,29)(H2,24,25,26)/t14-,18?/m1/s1. The number of hydrogen-bond donors (Lipinski definition) is 4. The lowest BCUT2D eigenvalue weighted by Crippen LogP contribution is -2.38. The number of nitrogens with one attached hydrogen (secondary N) is 3. The Balaban J connectivity index is 1.74. The maximum atomic E-state index is 12.4. The molecule has 7 nitrogen and oxygen atoms in total. The van der Waals surface area contributed by atoms with E-state index < -0.39 is 29.4 Å². The van der Waals surface area contributed by atoms with Gasteiger partial charge in [0.25, 0.3) is 11.5 Å². The molecule has 1 heterocycles. The number of aliphatic carboxylic acids is 1. The van der Waals surface area contributed by atoms with Gasteiger partial charge in [-0.15, -0.1) is 0 Å². The van der Waals surface area contributed by atoms with E-state index in [0.717, 1.165) is 16.7 Å². The van der Waals surface area contributed by atoms with Gasteiger partial charge >= 0.3 is 5.97 Å². The van der Waals surface area contributed by atoms with Gasteiger partial charge in [0.05, 0.1) is 5.92 Å². The van der Waals surface area contributed by atoms with Gasteiger partial charge in [-0.25, -0.2) is 0 Å². The Hall–Kier alpha value is -3.61. The molecular formula is C22H23N3O4. The molecule has 0 aliphatic carbocycles. The number of aromatic amines is 2. The summed E-state index contributed by atoms with van der Waals surface area (Å²) in [6, 6.07) is 18.7. The monoisotopic (exact) mass is 393 g/mol. The van der Waals surface area contributed by atoms with Crippen LogP contribution in [-0.2, 0) is 11.2 Å². The van der Waals surface area contributed by atoms with Gasteiger partial charge < -0.3 is 10.4 Å². The lowest BCUT2D eigenvalue weighted by Gasteiger charge is -2.21. The van der Waals surface area contributed by atoms with Crippen molar-refractivity contribution in [1.82, 2.24) is 15.5 Å². The quantitative estimate of drug-likeness (QED) is 0.471. The maximum absolute atomic E-state index is 12.4. The summed E-state index contributed by atoms with van der Waals surface area (Å²) in [6.07, 6.45) is 0.753. The van der Waals surface area contributed by atoms with Gasteiger partial charge in [-0.3, -0.25) is 24.6 Å². The zero-order valence-corrected chi connectivity index (χ0v) is 16.0. The Morgan fingerprint density at radius 2 is 1.66 bits per heavy atom. The number of carboxylic acid groups (broad SMARTS) is 1. The van der Waals surface area contributed by atoms with Gasteiger partial charge in [0.2, 0.25) is 0 Å². The van der Waals surface area contributed by atoms with Crippen molar-refractivity contribution in [2.75, 3.05) is 0 Å². The summed E-state index contributed by atoms with van der Waals surface area (Å²) in [5, 5.41) is 16.9. The number of aromatic nitrogens is 2. The van der Waals surface area contributed by atoms with Crippen LogP contribution in [0.5, 0.6) is 0 Å². The van der Waals surface area contributed by atoms with Gasteiger partial charge in [0.15, 0.2) is 0 Å². The lowest BCUT2D eigenvalue weighted by molar-refractivity contribution is -0.141. The topological polar surface area (TPSA) is 115 Å². The first kappa shape index (κ1) is 20.1. The molecule has 1 aromatic heterocycles. The fraction of sp³-hybridized carbons (Fsp3) is 0.227. The fourth-order valence-electron chi connectivity index (χ4n) is 3.19. The molecular weight excluding hydrogens is 370 g/mol. The molecule has 3 aromatic rings. The summed E-state index contributed by atoms with van der Waals surface area (Å²) in [4.78, 5) is 34.9. The van der Waals surface area contributed by atoms with Crippen LogP contribution >= 0.6 is 0 Å². The third-order valence-corrected chi connectivity index (χ3v) is 4.78. The number of H-pyrrole nitrogens is 2. The summed E-state index contributed by atoms with van der Waals surface area (Å²) < 4.78 is 0. The van der Waals surface area contributed by atoms with E-state index in [-0.39, 0.29) is 12.1 Å². The fourth-order valence-corrected chi connectivity index (χ4v) is 3.19. The van der Waals surface area contributed by atoms with Crippen LogP contribution in [0.1, 0.15) is 29.4 Å². The molecule has 0 spiro atoms. The van der Waals surface area contributed by atoms with Crippen molar-refractivity contribution in [3.63, 3.8) is 0 Å². The number of hydrogen-bond acceptors (Lipinski definition) is 3. The molecule has 7 heteroatoms. The molecule has 2 aromatic carbocycles. The van der Waals surface area contributed by atoms with Crippen molar-refractivity contribution in [2.45, 2.75) is 25.8 Å². The zero-order valence-electron chi connectivity index (χ0n) is 16.0. The predicted octanol–water partition coefficient (Wildman–Crippen LogP) is 2.82. The van der Waals surface area contributed by atoms with Gasteiger partial charge in [-0.2, -0.15) is 0 Å². The zero-order chi connectivity index (χ0) is 20.8. The SMILES string of the molecule is C[C@H](CC(Cc1ccc(-c2ccccc2)cc1)NC(=O)c1cc(=O)[nH][nH]1)C(=O)O. The van der Waals surface area contributed by atoms with Crippen molar-refractivity contribution >= 4 is 11.9 Å². The van der Waals surface area contributed by atoms with Gasteiger partial charge in [0.1, 0.15) is 5.69 Å². The minimum absolute atomic E-state index is 0.113. The van der Waals surface area contributed by atoms with Gasteiger partial charge in [0, 0.05) is 12.1 Å². The summed E-state index contributed by atoms with van der Waals surface area (Å²) in [5.41, 5.74) is 2.89. The molecule has 0 saturated carbocycles. The first-order valence-electron chi connectivity index (χ1n) is 9.38. The molecule has 0 bridgehead atoms. The predicted molar refractivity (Wildman–Crippen MR) is 110 cm³/mol. The molecule has 2 atom stereocenters. The average Bonchev–Trinajstić information content (AvgIpc) is 3.15. The minimum atomic E-state index is -0.918. The maximum Gasteiger partial charge on any atom is 0.306 e. The Morgan fingerprint density at radius 1 is 1.00 bits per heavy atom. The molecule has 1 amide bonds. The van der Waals surface area contributed by atoms with Crippen molar-refractivity contribution in [2.24, 2.45) is 5.92 Å². The van der Waals surface area contributed by atoms with Gasteiger partial charge in [-0.05, 0) is 29.5 Å². The second kappa shape index (κ2) is 9.05. The van der Waals surface area contributed by atoms with Crippen LogP contribution < -0.4 is 10.9 Å². The molecule has 0 saturated heterocycles. The largest absolute Gasteiger partial charge is 0.481 e. The third kappa shape index (κ3) is 5.44. The molecule has 0 aliphatic rings. The summed E-state index contributed by atoms with van der Waals surface area (Å²) in [5.74, 6) is -1.99. The lowest BCUT2D eigenvalue weighted by atomic mass is 9.95. The first-order chi connectivity index (χ1) is 13.9. The Labute approximate surface area is 167 Å². The van der Waals surface area contributed by atoms with E-state index >= 15 is 0 Å². The molecule has 1 unspecified atom stereocenters. The molecule has 0 radical (unpaired) electrons. The Morgan fingerprint density at radius 3 is 2.24 bits per heavy atom. The van der Waals surface area contributed by atoms with Crippen LogP contribution in [0, 0.1) is 5.92 Å². The average molecular weight is 393 g/mol. The Bertz CT molecular complexity index is 1020. The highest BCUT2D eigenvalue weighted by molar-refractivity contribution is 5.92. The van der Waals surface area contributed by atoms with E-state index in [4.69, 9.17) is 0 Å². The smallest absolute Gasteiger partial charge is 0.306 e. The van der Waals surface area contributed by atoms with Crippen molar-refractivity contribution < 1.29 is 14.7 Å². The van der Waals surface area contributed by atoms with Crippen LogP contribution in [0.25, 0.3) is 11.1 Å². The number of amides is 1. The molecule has 3 rings (SSSR count). The van der Waals surface area contributed by atoms with E-state index in [1.54, 1.807) is 6.92 Å². The van der Waals surface area contributed by atoms with Crippen molar-refractivity contribution in [1.29, 1.82) is 0 Å². The van der Waals surface area contributed by atoms with Crippen LogP contribution in [0.2, 0.25) is 0 Å². The number of carbonyl (C=O) groups excluding carboxylic acids is 1. The summed E-state index contributed by atoms with van der Waals surface area (Å²) in [6.45, 7) is 1.61. The van der Waals surface area contributed by atoms with E-state index in [2.05, 4.69) is 15.5 Å². The second-order valence-corrected chi connectivity index (χ2v) is 7.08. The van der Waals surface area contributed by atoms with Crippen molar-refractivity contribution in [3.8, 4) is 11.1 Å². The number of benzene rings is 2. The highest BCUT2D eigenvalue weighted by atomic mass is 16.4. The normalized spacial score (nSPS) is 12.9. The van der Waals surface area contributed by atoms with E-state index in [0.29, 0.717) is 6.42 Å². The highest BCUT2D eigenvalue weighted by Gasteiger charge is 2.21. The number of carbonyl (C=O) groups is 2.